The van der Waals surface area contributed by atoms with E-state index < -0.39 is 0 Å². The summed E-state index contributed by atoms with van der Waals surface area (Å²) in [5.41, 5.74) is 0.336. The zero-order chi connectivity index (χ0) is 18.7. The smallest absolute Gasteiger partial charge is 0.274 e. The van der Waals surface area contributed by atoms with Crippen molar-refractivity contribution in [2.75, 3.05) is 33.7 Å². The van der Waals surface area contributed by atoms with Gasteiger partial charge in [-0.05, 0) is 18.8 Å². The lowest BCUT2D eigenvalue weighted by molar-refractivity contribution is -0.138. The summed E-state index contributed by atoms with van der Waals surface area (Å²) < 4.78 is 0. The van der Waals surface area contributed by atoms with Gasteiger partial charge in [0.1, 0.15) is 5.69 Å². The zero-order valence-corrected chi connectivity index (χ0v) is 15.3. The Hall–Kier alpha value is -2.51. The largest absolute Gasteiger partial charge is 0.349 e. The average Bonchev–Trinajstić information content (AvgIpc) is 2.97. The first-order valence-corrected chi connectivity index (χ1v) is 9.00. The van der Waals surface area contributed by atoms with Crippen molar-refractivity contribution in [2.24, 2.45) is 5.92 Å². The average molecular weight is 359 g/mol. The molecule has 140 valence electrons. The summed E-state index contributed by atoms with van der Waals surface area (Å²) >= 11 is 0. The lowest BCUT2D eigenvalue weighted by atomic mass is 9.94. The number of fused-ring (bicyclic) bond motifs is 4. The van der Waals surface area contributed by atoms with Crippen molar-refractivity contribution in [3.63, 3.8) is 0 Å². The van der Waals surface area contributed by atoms with Crippen LogP contribution in [0.4, 0.5) is 0 Å². The molecule has 1 aromatic rings. The van der Waals surface area contributed by atoms with E-state index in [4.69, 9.17) is 0 Å². The third-order valence-electron chi connectivity index (χ3n) is 5.15. The number of nitrogens with zero attached hydrogens (tertiary/aromatic N) is 5. The maximum atomic E-state index is 12.7. The molecule has 2 atom stereocenters. The van der Waals surface area contributed by atoms with E-state index in [0.717, 1.165) is 12.8 Å². The molecule has 1 aromatic heterocycles. The Balaban J connectivity index is 1.65. The third kappa shape index (κ3) is 4.00. The summed E-state index contributed by atoms with van der Waals surface area (Å²) in [4.78, 5) is 50.3. The van der Waals surface area contributed by atoms with E-state index in [-0.39, 0.29) is 42.5 Å². The van der Waals surface area contributed by atoms with Crippen LogP contribution in [0.25, 0.3) is 0 Å². The van der Waals surface area contributed by atoms with Gasteiger partial charge in [-0.2, -0.15) is 0 Å². The Morgan fingerprint density at radius 2 is 1.92 bits per heavy atom. The number of aromatic nitrogens is 2. The monoisotopic (exact) mass is 359 g/mol. The number of piperidine rings is 1. The van der Waals surface area contributed by atoms with Crippen LogP contribution in [-0.4, -0.2) is 82.2 Å². The Morgan fingerprint density at radius 3 is 2.62 bits per heavy atom. The number of carbonyl (C=O) groups is 3. The van der Waals surface area contributed by atoms with Gasteiger partial charge in [-0.15, -0.1) is 0 Å². The molecule has 0 aromatic carbocycles. The maximum Gasteiger partial charge on any atom is 0.274 e. The fraction of sp³-hybridized carbons (Fsp3) is 0.611. The van der Waals surface area contributed by atoms with E-state index in [0.29, 0.717) is 25.3 Å². The minimum Gasteiger partial charge on any atom is -0.349 e. The van der Waals surface area contributed by atoms with Crippen molar-refractivity contribution in [2.45, 2.75) is 31.7 Å². The van der Waals surface area contributed by atoms with Gasteiger partial charge < -0.3 is 14.7 Å². The normalized spacial score (nSPS) is 22.1. The lowest BCUT2D eigenvalue weighted by Gasteiger charge is -2.36. The quantitative estimate of drug-likeness (QED) is 0.777. The summed E-state index contributed by atoms with van der Waals surface area (Å²) in [7, 11) is 3.38. The number of hydrogen-bond donors (Lipinski definition) is 0. The molecule has 8 heteroatoms. The van der Waals surface area contributed by atoms with Crippen LogP contribution in [0.2, 0.25) is 0 Å². The van der Waals surface area contributed by atoms with Crippen molar-refractivity contribution in [1.29, 1.82) is 0 Å². The van der Waals surface area contributed by atoms with E-state index in [9.17, 15) is 14.4 Å². The van der Waals surface area contributed by atoms with Gasteiger partial charge in [0.25, 0.3) is 5.91 Å². The highest BCUT2D eigenvalue weighted by Crippen LogP contribution is 2.29. The van der Waals surface area contributed by atoms with Crippen molar-refractivity contribution < 1.29 is 14.4 Å². The van der Waals surface area contributed by atoms with Gasteiger partial charge in [0.2, 0.25) is 11.8 Å². The van der Waals surface area contributed by atoms with Gasteiger partial charge in [0.15, 0.2) is 0 Å². The predicted molar refractivity (Wildman–Crippen MR) is 94.1 cm³/mol. The van der Waals surface area contributed by atoms with Crippen LogP contribution in [0.1, 0.15) is 36.2 Å². The number of hydrogen-bond acceptors (Lipinski definition) is 5. The van der Waals surface area contributed by atoms with Crippen molar-refractivity contribution in [3.05, 3.63) is 24.3 Å². The van der Waals surface area contributed by atoms with E-state index >= 15 is 0 Å². The zero-order valence-electron chi connectivity index (χ0n) is 15.3. The molecule has 0 radical (unpaired) electrons. The summed E-state index contributed by atoms with van der Waals surface area (Å²) in [6, 6.07) is 0.0105. The Morgan fingerprint density at radius 1 is 1.12 bits per heavy atom. The van der Waals surface area contributed by atoms with Crippen LogP contribution in [0.5, 0.6) is 0 Å². The standard InChI is InChI=1S/C18H25N5O3/c1-21(2)16(24)5-6-17(25)23-11-13-3-4-14(23)12-22(10-13)18(26)15-9-19-7-8-20-15/h7-9,13-14H,3-6,10-12H2,1-2H3/t13-,14+/m0/s1. The Kier molecular flexibility index (Phi) is 5.49. The Labute approximate surface area is 153 Å². The first kappa shape index (κ1) is 18.3. The molecule has 3 saturated heterocycles. The van der Waals surface area contributed by atoms with Gasteiger partial charge in [-0.3, -0.25) is 19.4 Å². The second-order valence-electron chi connectivity index (χ2n) is 7.23. The number of amides is 3. The molecule has 8 nitrogen and oxygen atoms in total. The second-order valence-corrected chi connectivity index (χ2v) is 7.23. The van der Waals surface area contributed by atoms with Crippen LogP contribution in [0.15, 0.2) is 18.6 Å². The summed E-state index contributed by atoms with van der Waals surface area (Å²) in [6.45, 7) is 1.80. The highest BCUT2D eigenvalue weighted by atomic mass is 16.2. The molecular formula is C18H25N5O3. The summed E-state index contributed by atoms with van der Waals surface area (Å²) in [6.07, 6.45) is 6.87. The third-order valence-corrected chi connectivity index (χ3v) is 5.15. The molecule has 3 fully saturated rings. The van der Waals surface area contributed by atoms with E-state index in [2.05, 4.69) is 9.97 Å². The lowest BCUT2D eigenvalue weighted by Crippen LogP contribution is -2.48. The summed E-state index contributed by atoms with van der Waals surface area (Å²) in [5, 5.41) is 0. The Bertz CT molecular complexity index is 679. The molecule has 0 saturated carbocycles. The first-order chi connectivity index (χ1) is 12.5. The highest BCUT2D eigenvalue weighted by Gasteiger charge is 2.38. The molecule has 0 spiro atoms. The second kappa shape index (κ2) is 7.80. The fourth-order valence-corrected chi connectivity index (χ4v) is 3.71. The van der Waals surface area contributed by atoms with Crippen molar-refractivity contribution in [1.82, 2.24) is 24.7 Å². The van der Waals surface area contributed by atoms with Crippen molar-refractivity contribution >= 4 is 17.7 Å². The summed E-state index contributed by atoms with van der Waals surface area (Å²) in [5.74, 6) is 0.0939. The van der Waals surface area contributed by atoms with E-state index in [1.54, 1.807) is 25.2 Å². The molecule has 3 amide bonds. The van der Waals surface area contributed by atoms with Crippen LogP contribution in [-0.2, 0) is 9.59 Å². The molecule has 0 N–H and O–H groups in total. The van der Waals surface area contributed by atoms with Gasteiger partial charge >= 0.3 is 0 Å². The van der Waals surface area contributed by atoms with Gasteiger partial charge in [-0.25, -0.2) is 4.98 Å². The highest BCUT2D eigenvalue weighted by molar-refractivity contribution is 5.92. The van der Waals surface area contributed by atoms with Crippen LogP contribution < -0.4 is 0 Å². The fourth-order valence-electron chi connectivity index (χ4n) is 3.71. The molecular weight excluding hydrogens is 334 g/mol. The van der Waals surface area contributed by atoms with Gasteiger partial charge in [0, 0.05) is 65.0 Å². The molecule has 4 rings (SSSR count). The molecule has 3 aliphatic rings. The first-order valence-electron chi connectivity index (χ1n) is 9.00. The van der Waals surface area contributed by atoms with Crippen LogP contribution >= 0.6 is 0 Å². The minimum absolute atomic E-state index is 0.00343. The molecule has 26 heavy (non-hydrogen) atoms. The molecule has 0 unspecified atom stereocenters. The minimum atomic E-state index is -0.132. The van der Waals surface area contributed by atoms with Gasteiger partial charge in [-0.1, -0.05) is 0 Å². The molecule has 4 heterocycles. The molecule has 0 aliphatic carbocycles. The van der Waals surface area contributed by atoms with E-state index in [1.165, 1.54) is 17.3 Å². The topological polar surface area (TPSA) is 86.7 Å². The number of carbonyl (C=O) groups excluding carboxylic acids is 3. The number of rotatable bonds is 4. The van der Waals surface area contributed by atoms with Crippen molar-refractivity contribution in [3.8, 4) is 0 Å². The SMILES string of the molecule is CN(C)C(=O)CCC(=O)N1C[C@H]2CC[C@@H]1CN(C(=O)c1cnccn1)C2. The maximum absolute atomic E-state index is 12.7. The molecule has 3 aliphatic heterocycles. The predicted octanol–water partition coefficient (Wildman–Crippen LogP) is 0.408. The van der Waals surface area contributed by atoms with Gasteiger partial charge in [0.05, 0.1) is 6.20 Å². The van der Waals surface area contributed by atoms with Crippen LogP contribution in [0, 0.1) is 5.92 Å². The van der Waals surface area contributed by atoms with Crippen LogP contribution in [0.3, 0.4) is 0 Å². The van der Waals surface area contributed by atoms with E-state index in [1.807, 2.05) is 4.90 Å². The molecule has 2 bridgehead atoms.